The first-order valence-corrected chi connectivity index (χ1v) is 7.50. The van der Waals surface area contributed by atoms with Crippen molar-refractivity contribution in [1.82, 2.24) is 0 Å². The van der Waals surface area contributed by atoms with Crippen LogP contribution < -0.4 is 0 Å². The van der Waals surface area contributed by atoms with Gasteiger partial charge in [-0.1, -0.05) is 18.2 Å². The molecule has 1 heterocycles. The number of thiophene rings is 1. The van der Waals surface area contributed by atoms with E-state index < -0.39 is 6.10 Å². The second-order valence-electron chi connectivity index (χ2n) is 4.13. The average molecular weight is 329 g/mol. The Hall–Kier alpha value is -0.710. The lowest BCUT2D eigenvalue weighted by Crippen LogP contribution is -2.01. The third kappa shape index (κ3) is 3.40. The first kappa shape index (κ1) is 13.7. The molecular weight excluding hydrogens is 315 g/mol. The molecule has 1 atom stereocenters. The van der Waals surface area contributed by atoms with Crippen LogP contribution in [-0.4, -0.2) is 5.11 Å². The number of benzene rings is 1. The minimum Gasteiger partial charge on any atom is -0.388 e. The molecule has 4 heteroatoms. The fraction of sp³-hybridized carbons (Fsp3) is 0.286. The molecule has 2 aromatic rings. The Bertz CT molecular complexity index is 499. The fourth-order valence-corrected chi connectivity index (χ4v) is 2.99. The summed E-state index contributed by atoms with van der Waals surface area (Å²) in [6, 6.07) is 9.11. The summed E-state index contributed by atoms with van der Waals surface area (Å²) in [5.74, 6) is -0.360. The van der Waals surface area contributed by atoms with E-state index in [9.17, 15) is 9.50 Å². The van der Waals surface area contributed by atoms with Crippen LogP contribution in [0.4, 0.5) is 4.39 Å². The Morgan fingerprint density at radius 2 is 2.11 bits per heavy atom. The first-order valence-electron chi connectivity index (χ1n) is 5.83. The van der Waals surface area contributed by atoms with Gasteiger partial charge in [0.05, 0.1) is 10.6 Å². The predicted molar refractivity (Wildman–Crippen MR) is 76.3 cm³/mol. The predicted octanol–water partition coefficient (Wildman–Crippen LogP) is 4.71. The molecule has 1 N–H and O–H groups in total. The lowest BCUT2D eigenvalue weighted by atomic mass is 10.0. The number of aliphatic hydroxyl groups excluding tert-OH is 1. The van der Waals surface area contributed by atoms with Crippen LogP contribution >= 0.6 is 27.3 Å². The largest absolute Gasteiger partial charge is 0.388 e. The van der Waals surface area contributed by atoms with Crippen molar-refractivity contribution >= 4 is 27.3 Å². The highest BCUT2D eigenvalue weighted by Gasteiger charge is 2.14. The van der Waals surface area contributed by atoms with Crippen LogP contribution in [0.25, 0.3) is 0 Å². The molecule has 0 aliphatic carbocycles. The Morgan fingerprint density at radius 1 is 1.28 bits per heavy atom. The number of aryl methyl sites for hydroxylation is 1. The molecule has 0 spiro atoms. The Kier molecular flexibility index (Phi) is 4.92. The summed E-state index contributed by atoms with van der Waals surface area (Å²) in [6.45, 7) is 0. The van der Waals surface area contributed by atoms with E-state index in [2.05, 4.69) is 22.0 Å². The maximum atomic E-state index is 13.7. The van der Waals surface area contributed by atoms with Gasteiger partial charge >= 0.3 is 0 Å². The van der Waals surface area contributed by atoms with Gasteiger partial charge in [-0.2, -0.15) is 0 Å². The topological polar surface area (TPSA) is 20.2 Å². The van der Waals surface area contributed by atoms with Gasteiger partial charge in [0.2, 0.25) is 0 Å². The van der Waals surface area contributed by atoms with E-state index in [0.717, 1.165) is 12.8 Å². The van der Waals surface area contributed by atoms with Crippen molar-refractivity contribution in [3.63, 3.8) is 0 Å². The SMILES string of the molecule is OC(CCCc1cccs1)c1cccc(Br)c1F. The van der Waals surface area contributed by atoms with Crippen LogP contribution in [0.5, 0.6) is 0 Å². The molecule has 0 aliphatic heterocycles. The third-order valence-electron chi connectivity index (χ3n) is 2.82. The smallest absolute Gasteiger partial charge is 0.143 e. The minimum absolute atomic E-state index is 0.360. The lowest BCUT2D eigenvalue weighted by molar-refractivity contribution is 0.160. The number of halogens is 2. The number of hydrogen-bond donors (Lipinski definition) is 1. The highest BCUT2D eigenvalue weighted by molar-refractivity contribution is 9.10. The summed E-state index contributed by atoms with van der Waals surface area (Å²) in [7, 11) is 0. The van der Waals surface area contributed by atoms with Gasteiger partial charge in [-0.25, -0.2) is 4.39 Å². The minimum atomic E-state index is -0.734. The monoisotopic (exact) mass is 328 g/mol. The molecule has 0 saturated carbocycles. The first-order chi connectivity index (χ1) is 8.68. The van der Waals surface area contributed by atoms with E-state index >= 15 is 0 Å². The third-order valence-corrected chi connectivity index (χ3v) is 4.37. The molecule has 0 bridgehead atoms. The molecule has 2 rings (SSSR count). The molecule has 1 nitrogen and oxygen atoms in total. The summed E-state index contributed by atoms with van der Waals surface area (Å²) >= 11 is 4.84. The molecule has 0 fully saturated rings. The summed E-state index contributed by atoms with van der Waals surface area (Å²) < 4.78 is 14.1. The molecule has 0 aliphatic rings. The van der Waals surface area contributed by atoms with E-state index in [-0.39, 0.29) is 5.82 Å². The van der Waals surface area contributed by atoms with Crippen LogP contribution in [-0.2, 0) is 6.42 Å². The standard InChI is InChI=1S/C14H14BrFOS/c15-12-7-2-6-11(14(12)16)13(17)8-1-4-10-5-3-9-18-10/h2-3,5-7,9,13,17H,1,4,8H2. The quantitative estimate of drug-likeness (QED) is 0.842. The summed E-state index contributed by atoms with van der Waals surface area (Å²) in [5, 5.41) is 12.0. The lowest BCUT2D eigenvalue weighted by Gasteiger charge is -2.12. The van der Waals surface area contributed by atoms with Crippen LogP contribution in [0.3, 0.4) is 0 Å². The average Bonchev–Trinajstić information content (AvgIpc) is 2.85. The van der Waals surface area contributed by atoms with Crippen LogP contribution in [0.15, 0.2) is 40.2 Å². The second-order valence-corrected chi connectivity index (χ2v) is 6.02. The van der Waals surface area contributed by atoms with Crippen molar-refractivity contribution in [3.05, 3.63) is 56.4 Å². The maximum Gasteiger partial charge on any atom is 0.143 e. The number of rotatable bonds is 5. The normalized spacial score (nSPS) is 12.6. The molecule has 0 saturated heterocycles. The van der Waals surface area contributed by atoms with E-state index in [4.69, 9.17) is 0 Å². The van der Waals surface area contributed by atoms with E-state index in [1.807, 2.05) is 11.4 Å². The van der Waals surface area contributed by atoms with Crippen molar-refractivity contribution in [1.29, 1.82) is 0 Å². The van der Waals surface area contributed by atoms with Crippen molar-refractivity contribution in [2.24, 2.45) is 0 Å². The van der Waals surface area contributed by atoms with Gasteiger partial charge in [-0.15, -0.1) is 11.3 Å². The number of hydrogen-bond acceptors (Lipinski definition) is 2. The Morgan fingerprint density at radius 3 is 2.83 bits per heavy atom. The van der Waals surface area contributed by atoms with Gasteiger partial charge in [0.25, 0.3) is 0 Å². The van der Waals surface area contributed by atoms with E-state index in [1.165, 1.54) is 4.88 Å². The van der Waals surface area contributed by atoms with Gasteiger partial charge in [0.1, 0.15) is 5.82 Å². The summed E-state index contributed by atoms with van der Waals surface area (Å²) in [6.07, 6.45) is 1.63. The van der Waals surface area contributed by atoms with Gasteiger partial charge < -0.3 is 5.11 Å². The highest BCUT2D eigenvalue weighted by atomic mass is 79.9. The molecule has 18 heavy (non-hydrogen) atoms. The molecule has 1 unspecified atom stereocenters. The van der Waals surface area contributed by atoms with Crippen molar-refractivity contribution in [3.8, 4) is 0 Å². The van der Waals surface area contributed by atoms with E-state index in [1.54, 1.807) is 29.5 Å². The van der Waals surface area contributed by atoms with Crippen molar-refractivity contribution < 1.29 is 9.50 Å². The molecule has 0 amide bonds. The van der Waals surface area contributed by atoms with E-state index in [0.29, 0.717) is 16.5 Å². The van der Waals surface area contributed by atoms with Crippen LogP contribution in [0, 0.1) is 5.82 Å². The zero-order valence-electron chi connectivity index (χ0n) is 9.77. The molecule has 96 valence electrons. The van der Waals surface area contributed by atoms with Crippen LogP contribution in [0.1, 0.15) is 29.4 Å². The molecule has 1 aromatic heterocycles. The Labute approximate surface area is 118 Å². The van der Waals surface area contributed by atoms with Crippen molar-refractivity contribution in [2.45, 2.75) is 25.4 Å². The Balaban J connectivity index is 1.91. The van der Waals surface area contributed by atoms with Crippen molar-refractivity contribution in [2.75, 3.05) is 0 Å². The summed E-state index contributed by atoms with van der Waals surface area (Å²) in [4.78, 5) is 1.30. The summed E-state index contributed by atoms with van der Waals surface area (Å²) in [5.41, 5.74) is 0.371. The zero-order chi connectivity index (χ0) is 13.0. The highest BCUT2D eigenvalue weighted by Crippen LogP contribution is 2.27. The van der Waals surface area contributed by atoms with Gasteiger partial charge in [-0.05, 0) is 52.7 Å². The molecular formula is C14H14BrFOS. The van der Waals surface area contributed by atoms with Gasteiger partial charge in [0, 0.05) is 10.4 Å². The van der Waals surface area contributed by atoms with Gasteiger partial charge in [-0.3, -0.25) is 0 Å². The zero-order valence-corrected chi connectivity index (χ0v) is 12.2. The maximum absolute atomic E-state index is 13.7. The number of aliphatic hydroxyl groups is 1. The fourth-order valence-electron chi connectivity index (χ4n) is 1.86. The molecule has 1 aromatic carbocycles. The second kappa shape index (κ2) is 6.45. The van der Waals surface area contributed by atoms with Crippen LogP contribution in [0.2, 0.25) is 0 Å². The van der Waals surface area contributed by atoms with Gasteiger partial charge in [0.15, 0.2) is 0 Å². The molecule has 0 radical (unpaired) electrons.